The molecule has 0 spiro atoms. The van der Waals surface area contributed by atoms with Crippen LogP contribution in [0.15, 0.2) is 24.8 Å². The molecule has 0 unspecified atom stereocenters. The van der Waals surface area contributed by atoms with E-state index in [1.165, 1.54) is 13.3 Å². The van der Waals surface area contributed by atoms with Crippen molar-refractivity contribution in [2.24, 2.45) is 17.6 Å². The SMILES string of the molecule is COc1nc(NC(=O)c2cnc(N3C[C@@H]4[C@H](N)[C@@H]4C3)cn2)cn2cc(C)nc12. The van der Waals surface area contributed by atoms with Crippen molar-refractivity contribution in [3.8, 4) is 5.88 Å². The second-order valence-corrected chi connectivity index (χ2v) is 7.27. The van der Waals surface area contributed by atoms with E-state index in [-0.39, 0.29) is 5.69 Å². The highest BCUT2D eigenvalue weighted by Gasteiger charge is 2.53. The van der Waals surface area contributed by atoms with E-state index in [1.54, 1.807) is 16.8 Å². The lowest BCUT2D eigenvalue weighted by atomic mass is 10.3. The maximum atomic E-state index is 12.5. The first-order valence-electron chi connectivity index (χ1n) is 9.08. The van der Waals surface area contributed by atoms with Crippen LogP contribution in [0, 0.1) is 18.8 Å². The fraction of sp³-hybridized carbons (Fsp3) is 0.389. The first kappa shape index (κ1) is 16.9. The number of carbonyl (C=O) groups is 1. The second kappa shape index (κ2) is 6.13. The summed E-state index contributed by atoms with van der Waals surface area (Å²) < 4.78 is 7.03. The number of ether oxygens (including phenoxy) is 1. The molecular formula is C18H20N8O2. The summed E-state index contributed by atoms with van der Waals surface area (Å²) in [6, 6.07) is 0.329. The molecule has 1 aliphatic heterocycles. The van der Waals surface area contributed by atoms with Gasteiger partial charge in [0, 0.05) is 25.3 Å². The summed E-state index contributed by atoms with van der Waals surface area (Å²) in [5.41, 5.74) is 7.60. The van der Waals surface area contributed by atoms with Crippen LogP contribution in [0.4, 0.5) is 11.6 Å². The van der Waals surface area contributed by atoms with Gasteiger partial charge in [-0.05, 0) is 18.8 Å². The Labute approximate surface area is 160 Å². The Morgan fingerprint density at radius 2 is 2.00 bits per heavy atom. The number of anilines is 2. The third-order valence-corrected chi connectivity index (χ3v) is 5.42. The first-order chi connectivity index (χ1) is 13.5. The molecule has 4 heterocycles. The molecule has 0 radical (unpaired) electrons. The molecule has 3 aromatic rings. The molecule has 10 nitrogen and oxygen atoms in total. The second-order valence-electron chi connectivity index (χ2n) is 7.27. The lowest BCUT2D eigenvalue weighted by Gasteiger charge is -2.19. The Bertz CT molecular complexity index is 1050. The van der Waals surface area contributed by atoms with Crippen molar-refractivity contribution in [2.45, 2.75) is 13.0 Å². The predicted molar refractivity (Wildman–Crippen MR) is 101 cm³/mol. The topological polar surface area (TPSA) is 124 Å². The molecule has 3 atom stereocenters. The van der Waals surface area contributed by atoms with Gasteiger partial charge in [-0.3, -0.25) is 9.20 Å². The molecular weight excluding hydrogens is 360 g/mol. The minimum Gasteiger partial charge on any atom is -0.478 e. The van der Waals surface area contributed by atoms with Crippen LogP contribution in [-0.2, 0) is 0 Å². The van der Waals surface area contributed by atoms with Gasteiger partial charge in [0.2, 0.25) is 5.65 Å². The number of hydrogen-bond acceptors (Lipinski definition) is 8. The summed E-state index contributed by atoms with van der Waals surface area (Å²) in [7, 11) is 1.51. The van der Waals surface area contributed by atoms with Crippen LogP contribution >= 0.6 is 0 Å². The number of fused-ring (bicyclic) bond motifs is 2. The average Bonchev–Trinajstić information content (AvgIpc) is 3.06. The van der Waals surface area contributed by atoms with Crippen LogP contribution in [0.1, 0.15) is 16.2 Å². The highest BCUT2D eigenvalue weighted by molar-refractivity contribution is 6.02. The standard InChI is InChI=1S/C18H20N8O2/c1-9-5-26-8-13(24-18(28-2)16(26)22-9)23-17(27)12-3-21-14(4-20-12)25-6-10-11(7-25)15(10)19/h3-5,8,10-11,15H,6-7,19H2,1-2H3,(H,23,27)/t10-,11+,15-. The molecule has 0 bridgehead atoms. The monoisotopic (exact) mass is 380 g/mol. The van der Waals surface area contributed by atoms with E-state index < -0.39 is 5.91 Å². The van der Waals surface area contributed by atoms with Crippen molar-refractivity contribution in [3.63, 3.8) is 0 Å². The zero-order valence-corrected chi connectivity index (χ0v) is 15.5. The van der Waals surface area contributed by atoms with Crippen molar-refractivity contribution in [3.05, 3.63) is 36.2 Å². The van der Waals surface area contributed by atoms with E-state index in [1.807, 2.05) is 13.1 Å². The molecule has 1 aliphatic carbocycles. The molecule has 3 N–H and O–H groups in total. The number of nitrogens with one attached hydrogen (secondary N) is 1. The fourth-order valence-corrected chi connectivity index (χ4v) is 3.83. The number of carbonyl (C=O) groups excluding carboxylic acids is 1. The number of amides is 1. The highest BCUT2D eigenvalue weighted by Crippen LogP contribution is 2.44. The number of methoxy groups -OCH3 is 1. The number of piperidine rings is 1. The molecule has 2 fully saturated rings. The summed E-state index contributed by atoms with van der Waals surface area (Å²) in [5, 5.41) is 2.73. The van der Waals surface area contributed by atoms with Gasteiger partial charge in [0.25, 0.3) is 11.8 Å². The van der Waals surface area contributed by atoms with Crippen molar-refractivity contribution in [1.29, 1.82) is 0 Å². The number of nitrogens with zero attached hydrogens (tertiary/aromatic N) is 6. The van der Waals surface area contributed by atoms with Crippen LogP contribution in [0.3, 0.4) is 0 Å². The Morgan fingerprint density at radius 1 is 1.21 bits per heavy atom. The average molecular weight is 380 g/mol. The van der Waals surface area contributed by atoms with E-state index in [0.717, 1.165) is 24.6 Å². The molecule has 144 valence electrons. The van der Waals surface area contributed by atoms with Crippen LogP contribution in [-0.4, -0.2) is 56.5 Å². The van der Waals surface area contributed by atoms with E-state index in [9.17, 15) is 4.79 Å². The van der Waals surface area contributed by atoms with Gasteiger partial charge in [-0.15, -0.1) is 0 Å². The molecule has 28 heavy (non-hydrogen) atoms. The molecule has 10 heteroatoms. The van der Waals surface area contributed by atoms with Crippen molar-refractivity contribution in [1.82, 2.24) is 24.3 Å². The Kier molecular flexibility index (Phi) is 3.69. The number of hydrogen-bond donors (Lipinski definition) is 2. The van der Waals surface area contributed by atoms with Gasteiger partial charge < -0.3 is 20.7 Å². The Morgan fingerprint density at radius 3 is 2.68 bits per heavy atom. The maximum Gasteiger partial charge on any atom is 0.277 e. The molecule has 1 saturated heterocycles. The number of aromatic nitrogens is 5. The summed E-state index contributed by atoms with van der Waals surface area (Å²) in [5.74, 6) is 2.17. The molecule has 2 aliphatic rings. The van der Waals surface area contributed by atoms with E-state index in [2.05, 4.69) is 30.2 Å². The minimum atomic E-state index is -0.393. The minimum absolute atomic E-state index is 0.215. The van der Waals surface area contributed by atoms with Gasteiger partial charge in [-0.25, -0.2) is 15.0 Å². The smallest absolute Gasteiger partial charge is 0.277 e. The van der Waals surface area contributed by atoms with Gasteiger partial charge in [0.1, 0.15) is 11.5 Å². The van der Waals surface area contributed by atoms with Crippen molar-refractivity contribution in [2.75, 3.05) is 30.4 Å². The van der Waals surface area contributed by atoms with E-state index in [0.29, 0.717) is 35.2 Å². The summed E-state index contributed by atoms with van der Waals surface area (Å²) in [4.78, 5) is 32.0. The third kappa shape index (κ3) is 2.73. The zero-order valence-electron chi connectivity index (χ0n) is 15.5. The number of imidazole rings is 1. The largest absolute Gasteiger partial charge is 0.478 e. The Hall–Kier alpha value is -3.27. The highest BCUT2D eigenvalue weighted by atomic mass is 16.5. The summed E-state index contributed by atoms with van der Waals surface area (Å²) in [6.07, 6.45) is 6.61. The normalized spacial score (nSPS) is 23.0. The van der Waals surface area contributed by atoms with Crippen LogP contribution in [0.25, 0.3) is 5.65 Å². The predicted octanol–water partition coefficient (Wildman–Crippen LogP) is 0.482. The molecule has 5 rings (SSSR count). The van der Waals surface area contributed by atoms with Gasteiger partial charge in [-0.1, -0.05) is 0 Å². The summed E-state index contributed by atoms with van der Waals surface area (Å²) in [6.45, 7) is 3.68. The molecule has 3 aromatic heterocycles. The maximum absolute atomic E-state index is 12.5. The summed E-state index contributed by atoms with van der Waals surface area (Å²) >= 11 is 0. The number of rotatable bonds is 4. The molecule has 0 aromatic carbocycles. The van der Waals surface area contributed by atoms with Gasteiger partial charge in [0.05, 0.1) is 31.4 Å². The van der Waals surface area contributed by atoms with E-state index in [4.69, 9.17) is 10.5 Å². The van der Waals surface area contributed by atoms with Gasteiger partial charge >= 0.3 is 0 Å². The van der Waals surface area contributed by atoms with Crippen molar-refractivity contribution >= 4 is 23.2 Å². The lowest BCUT2D eigenvalue weighted by Crippen LogP contribution is -2.29. The lowest BCUT2D eigenvalue weighted by molar-refractivity contribution is 0.102. The van der Waals surface area contributed by atoms with E-state index >= 15 is 0 Å². The van der Waals surface area contributed by atoms with Crippen LogP contribution < -0.4 is 20.7 Å². The quantitative estimate of drug-likeness (QED) is 0.670. The van der Waals surface area contributed by atoms with Crippen LogP contribution in [0.5, 0.6) is 5.88 Å². The Balaban J connectivity index is 1.32. The molecule has 1 amide bonds. The van der Waals surface area contributed by atoms with Crippen molar-refractivity contribution < 1.29 is 9.53 Å². The zero-order chi connectivity index (χ0) is 19.4. The fourth-order valence-electron chi connectivity index (χ4n) is 3.83. The van der Waals surface area contributed by atoms with Gasteiger partial charge in [-0.2, -0.15) is 4.98 Å². The third-order valence-electron chi connectivity index (χ3n) is 5.42. The first-order valence-corrected chi connectivity index (χ1v) is 9.08. The van der Waals surface area contributed by atoms with Gasteiger partial charge in [0.15, 0.2) is 5.82 Å². The number of nitrogens with two attached hydrogens (primary N) is 1. The number of aryl methyl sites for hydroxylation is 1. The van der Waals surface area contributed by atoms with Crippen LogP contribution in [0.2, 0.25) is 0 Å². The molecule has 1 saturated carbocycles.